The summed E-state index contributed by atoms with van der Waals surface area (Å²) in [5.74, 6) is 3.50. The molecule has 1 aliphatic rings. The van der Waals surface area contributed by atoms with E-state index in [4.69, 9.17) is 5.84 Å². The van der Waals surface area contributed by atoms with E-state index < -0.39 is 12.1 Å². The number of carbonyl (C=O) groups excluding carboxylic acids is 1. The average Bonchev–Trinajstić information content (AvgIpc) is 2.45. The van der Waals surface area contributed by atoms with Gasteiger partial charge in [-0.2, -0.15) is 13.2 Å². The third kappa shape index (κ3) is 3.47. The summed E-state index contributed by atoms with van der Waals surface area (Å²) in [6.07, 6.45) is -3.79. The molecule has 1 unspecified atom stereocenters. The van der Waals surface area contributed by atoms with Gasteiger partial charge in [-0.25, -0.2) is 0 Å². The maximum Gasteiger partial charge on any atom is 0.393 e. The normalized spacial score (nSPS) is 19.5. The van der Waals surface area contributed by atoms with Crippen LogP contribution in [0.25, 0.3) is 0 Å². The predicted octanol–water partition coefficient (Wildman–Crippen LogP) is 2.70. The number of nitrogens with zero attached hydrogens (tertiary/aromatic N) is 1. The summed E-state index contributed by atoms with van der Waals surface area (Å²) in [5.41, 5.74) is 4.21. The summed E-state index contributed by atoms with van der Waals surface area (Å²) < 4.78 is 38.4. The Hall–Kier alpha value is -1.76. The van der Waals surface area contributed by atoms with Crippen LogP contribution in [-0.2, 0) is 0 Å². The van der Waals surface area contributed by atoms with Crippen LogP contribution in [0.2, 0.25) is 0 Å². The monoisotopic (exact) mass is 301 g/mol. The molecule has 0 radical (unpaired) electrons. The topological polar surface area (TPSA) is 58.4 Å². The fraction of sp³-hybridized carbons (Fsp3) is 0.500. The second-order valence-corrected chi connectivity index (χ2v) is 5.31. The Morgan fingerprint density at radius 3 is 2.71 bits per heavy atom. The van der Waals surface area contributed by atoms with Crippen molar-refractivity contribution in [3.05, 3.63) is 29.3 Å². The number of nitrogens with two attached hydrogens (primary N) is 1. The lowest BCUT2D eigenvalue weighted by Gasteiger charge is -2.34. The number of alkyl halides is 3. The van der Waals surface area contributed by atoms with Crippen molar-refractivity contribution in [1.29, 1.82) is 0 Å². The van der Waals surface area contributed by atoms with E-state index in [2.05, 4.69) is 5.43 Å². The van der Waals surface area contributed by atoms with Crippen LogP contribution in [0.4, 0.5) is 18.9 Å². The van der Waals surface area contributed by atoms with Crippen molar-refractivity contribution >= 4 is 11.6 Å². The number of piperidine rings is 1. The van der Waals surface area contributed by atoms with Gasteiger partial charge < -0.3 is 10.3 Å². The lowest BCUT2D eigenvalue weighted by Crippen LogP contribution is -2.44. The SMILES string of the molecule is Cc1cc(NN)ccc1C(=O)N1CCCC(C(F)(F)F)C1. The number of halogens is 3. The Balaban J connectivity index is 2.16. The maximum atomic E-state index is 12.8. The number of rotatable bonds is 2. The molecule has 7 heteroatoms. The lowest BCUT2D eigenvalue weighted by molar-refractivity contribution is -0.184. The van der Waals surface area contributed by atoms with Crippen molar-refractivity contribution in [2.45, 2.75) is 25.9 Å². The van der Waals surface area contributed by atoms with Gasteiger partial charge >= 0.3 is 6.18 Å². The molecule has 1 amide bonds. The smallest absolute Gasteiger partial charge is 0.338 e. The molecule has 0 bridgehead atoms. The fourth-order valence-electron chi connectivity index (χ4n) is 2.59. The second kappa shape index (κ2) is 5.93. The van der Waals surface area contributed by atoms with Gasteiger partial charge in [0, 0.05) is 24.3 Å². The van der Waals surface area contributed by atoms with E-state index >= 15 is 0 Å². The third-order valence-corrected chi connectivity index (χ3v) is 3.79. The molecule has 4 nitrogen and oxygen atoms in total. The molecule has 0 aliphatic carbocycles. The van der Waals surface area contributed by atoms with Crippen molar-refractivity contribution in [3.8, 4) is 0 Å². The van der Waals surface area contributed by atoms with Crippen LogP contribution in [0.15, 0.2) is 18.2 Å². The van der Waals surface area contributed by atoms with Gasteiger partial charge in [0.05, 0.1) is 5.92 Å². The Labute approximate surface area is 121 Å². The van der Waals surface area contributed by atoms with Gasteiger partial charge in [-0.1, -0.05) is 0 Å². The minimum absolute atomic E-state index is 0.0856. The lowest BCUT2D eigenvalue weighted by atomic mass is 9.96. The first kappa shape index (κ1) is 15.6. The zero-order valence-corrected chi connectivity index (χ0v) is 11.7. The Kier molecular flexibility index (Phi) is 4.41. The fourth-order valence-corrected chi connectivity index (χ4v) is 2.59. The zero-order valence-electron chi connectivity index (χ0n) is 11.7. The number of nitrogen functional groups attached to an aromatic ring is 1. The van der Waals surface area contributed by atoms with Crippen molar-refractivity contribution < 1.29 is 18.0 Å². The van der Waals surface area contributed by atoms with Crippen molar-refractivity contribution in [2.24, 2.45) is 11.8 Å². The van der Waals surface area contributed by atoms with E-state index in [0.717, 1.165) is 0 Å². The van der Waals surface area contributed by atoms with Crippen LogP contribution in [0.5, 0.6) is 0 Å². The van der Waals surface area contributed by atoms with E-state index in [1.165, 1.54) is 4.90 Å². The highest BCUT2D eigenvalue weighted by Gasteiger charge is 2.42. The number of hydrazine groups is 1. The molecule has 1 atom stereocenters. The minimum atomic E-state index is -4.25. The zero-order chi connectivity index (χ0) is 15.6. The van der Waals surface area contributed by atoms with Crippen LogP contribution < -0.4 is 11.3 Å². The van der Waals surface area contributed by atoms with Crippen LogP contribution in [0, 0.1) is 12.8 Å². The van der Waals surface area contributed by atoms with Crippen LogP contribution in [0.3, 0.4) is 0 Å². The number of benzene rings is 1. The van der Waals surface area contributed by atoms with Crippen molar-refractivity contribution in [3.63, 3.8) is 0 Å². The molecular formula is C14H18F3N3O. The summed E-state index contributed by atoms with van der Waals surface area (Å²) in [6, 6.07) is 4.91. The van der Waals surface area contributed by atoms with Gasteiger partial charge in [0.2, 0.25) is 0 Å². The standard InChI is InChI=1S/C14H18F3N3O/c1-9-7-11(19-18)4-5-12(9)13(21)20-6-2-3-10(8-20)14(15,16)17/h4-5,7,10,19H,2-3,6,8,18H2,1H3. The molecule has 116 valence electrons. The molecule has 0 aromatic heterocycles. The number of amides is 1. The summed E-state index contributed by atoms with van der Waals surface area (Å²) >= 11 is 0. The van der Waals surface area contributed by atoms with Gasteiger partial charge in [0.1, 0.15) is 0 Å². The van der Waals surface area contributed by atoms with E-state index in [1.54, 1.807) is 25.1 Å². The van der Waals surface area contributed by atoms with Gasteiger partial charge in [0.15, 0.2) is 0 Å². The van der Waals surface area contributed by atoms with Crippen LogP contribution in [-0.4, -0.2) is 30.1 Å². The van der Waals surface area contributed by atoms with Gasteiger partial charge in [0.25, 0.3) is 5.91 Å². The summed E-state index contributed by atoms with van der Waals surface area (Å²) in [6.45, 7) is 1.83. The molecule has 1 fully saturated rings. The van der Waals surface area contributed by atoms with Crippen LogP contribution >= 0.6 is 0 Å². The Bertz CT molecular complexity index is 531. The van der Waals surface area contributed by atoms with Gasteiger partial charge in [-0.05, 0) is 43.5 Å². The first-order valence-corrected chi connectivity index (χ1v) is 6.76. The Morgan fingerprint density at radius 2 is 2.14 bits per heavy atom. The second-order valence-electron chi connectivity index (χ2n) is 5.31. The summed E-state index contributed by atoms with van der Waals surface area (Å²) in [4.78, 5) is 13.7. The van der Waals surface area contributed by atoms with E-state index in [0.29, 0.717) is 29.8 Å². The molecule has 1 saturated heterocycles. The molecule has 0 saturated carbocycles. The number of carbonyl (C=O) groups is 1. The first-order chi connectivity index (χ1) is 9.82. The third-order valence-electron chi connectivity index (χ3n) is 3.79. The minimum Gasteiger partial charge on any atom is -0.338 e. The number of likely N-dealkylation sites (tertiary alicyclic amines) is 1. The Morgan fingerprint density at radius 1 is 1.43 bits per heavy atom. The number of anilines is 1. The number of aryl methyl sites for hydroxylation is 1. The molecule has 3 N–H and O–H groups in total. The highest BCUT2D eigenvalue weighted by Crippen LogP contribution is 2.33. The largest absolute Gasteiger partial charge is 0.393 e. The van der Waals surface area contributed by atoms with Gasteiger partial charge in [-0.3, -0.25) is 10.6 Å². The molecule has 1 aromatic rings. The summed E-state index contributed by atoms with van der Waals surface area (Å²) in [5, 5.41) is 0. The highest BCUT2D eigenvalue weighted by atomic mass is 19.4. The molecule has 1 heterocycles. The predicted molar refractivity (Wildman–Crippen MR) is 73.7 cm³/mol. The van der Waals surface area contributed by atoms with Crippen molar-refractivity contribution in [2.75, 3.05) is 18.5 Å². The maximum absolute atomic E-state index is 12.8. The highest BCUT2D eigenvalue weighted by molar-refractivity contribution is 5.96. The van der Waals surface area contributed by atoms with E-state index in [9.17, 15) is 18.0 Å². The first-order valence-electron chi connectivity index (χ1n) is 6.76. The number of hydrogen-bond donors (Lipinski definition) is 2. The molecule has 2 rings (SSSR count). The van der Waals surface area contributed by atoms with Gasteiger partial charge in [-0.15, -0.1) is 0 Å². The average molecular weight is 301 g/mol. The van der Waals surface area contributed by atoms with E-state index in [-0.39, 0.29) is 18.9 Å². The molecular weight excluding hydrogens is 283 g/mol. The molecule has 21 heavy (non-hydrogen) atoms. The van der Waals surface area contributed by atoms with Crippen molar-refractivity contribution in [1.82, 2.24) is 4.90 Å². The van der Waals surface area contributed by atoms with E-state index in [1.807, 2.05) is 0 Å². The molecule has 0 spiro atoms. The quantitative estimate of drug-likeness (QED) is 0.652. The summed E-state index contributed by atoms with van der Waals surface area (Å²) in [7, 11) is 0. The molecule has 1 aromatic carbocycles. The number of hydrogen-bond acceptors (Lipinski definition) is 3. The van der Waals surface area contributed by atoms with Crippen LogP contribution in [0.1, 0.15) is 28.8 Å². The molecule has 1 aliphatic heterocycles. The number of nitrogens with one attached hydrogen (secondary N) is 1.